The molecule has 124 valence electrons. The number of carbonyl (C=O) groups excluding carboxylic acids is 2. The van der Waals surface area contributed by atoms with Gasteiger partial charge in [-0.15, -0.1) is 0 Å². The summed E-state index contributed by atoms with van der Waals surface area (Å²) in [5, 5.41) is 0. The number of rotatable bonds is 2. The molecule has 5 nitrogen and oxygen atoms in total. The van der Waals surface area contributed by atoms with Crippen LogP contribution in [0.25, 0.3) is 0 Å². The number of hydrogen-bond acceptors (Lipinski definition) is 3. The van der Waals surface area contributed by atoms with E-state index in [4.69, 9.17) is 4.74 Å². The fourth-order valence-corrected chi connectivity index (χ4v) is 5.05. The first-order chi connectivity index (χ1) is 10.2. The monoisotopic (exact) mass is 308 g/mol. The second-order valence-corrected chi connectivity index (χ2v) is 7.92. The summed E-state index contributed by atoms with van der Waals surface area (Å²) in [4.78, 5) is 29.2. The number of likely N-dealkylation sites (tertiary alicyclic amines) is 2. The SMILES string of the molecule is COC(C)(C)C(=O)N1[C@@H]2CN(C(C)=O)[C@@H]3CCC[C@H]1[C@]3(C)C2. The molecule has 0 unspecified atom stereocenters. The predicted octanol–water partition coefficient (Wildman–Crippen LogP) is 1.80. The van der Waals surface area contributed by atoms with Crippen molar-refractivity contribution in [3.63, 3.8) is 0 Å². The maximum atomic E-state index is 13.1. The highest BCUT2D eigenvalue weighted by Gasteiger charge is 2.62. The van der Waals surface area contributed by atoms with Crippen LogP contribution in [0.4, 0.5) is 0 Å². The number of methoxy groups -OCH3 is 1. The Morgan fingerprint density at radius 2 is 1.86 bits per heavy atom. The Bertz CT molecular complexity index is 504. The Morgan fingerprint density at radius 1 is 1.23 bits per heavy atom. The third-order valence-electron chi connectivity index (χ3n) is 6.33. The van der Waals surface area contributed by atoms with Crippen molar-refractivity contribution in [2.75, 3.05) is 13.7 Å². The van der Waals surface area contributed by atoms with E-state index in [0.29, 0.717) is 6.54 Å². The van der Waals surface area contributed by atoms with Crippen LogP contribution in [0, 0.1) is 5.41 Å². The maximum Gasteiger partial charge on any atom is 0.254 e. The van der Waals surface area contributed by atoms with Gasteiger partial charge in [-0.1, -0.05) is 6.92 Å². The first-order valence-corrected chi connectivity index (χ1v) is 8.37. The topological polar surface area (TPSA) is 49.9 Å². The molecule has 0 spiro atoms. The van der Waals surface area contributed by atoms with E-state index in [0.717, 1.165) is 25.7 Å². The summed E-state index contributed by atoms with van der Waals surface area (Å²) in [6.07, 6.45) is 4.20. The average Bonchev–Trinajstić information content (AvgIpc) is 2.75. The zero-order chi connectivity index (χ0) is 16.3. The van der Waals surface area contributed by atoms with Gasteiger partial charge in [0.1, 0.15) is 5.60 Å². The molecule has 2 heterocycles. The summed E-state index contributed by atoms with van der Waals surface area (Å²) < 4.78 is 5.43. The van der Waals surface area contributed by atoms with Gasteiger partial charge in [-0.05, 0) is 39.5 Å². The van der Waals surface area contributed by atoms with Crippen molar-refractivity contribution in [3.05, 3.63) is 0 Å². The molecule has 2 aliphatic heterocycles. The number of nitrogens with zero attached hydrogens (tertiary/aromatic N) is 2. The molecule has 0 aromatic carbocycles. The molecule has 1 saturated carbocycles. The van der Waals surface area contributed by atoms with Gasteiger partial charge < -0.3 is 14.5 Å². The lowest BCUT2D eigenvalue weighted by molar-refractivity contribution is -0.155. The van der Waals surface area contributed by atoms with E-state index in [9.17, 15) is 9.59 Å². The molecule has 5 heteroatoms. The van der Waals surface area contributed by atoms with Gasteiger partial charge in [0.05, 0.1) is 6.04 Å². The van der Waals surface area contributed by atoms with E-state index >= 15 is 0 Å². The van der Waals surface area contributed by atoms with Gasteiger partial charge in [0.15, 0.2) is 0 Å². The Morgan fingerprint density at radius 3 is 2.45 bits per heavy atom. The predicted molar refractivity (Wildman–Crippen MR) is 83.3 cm³/mol. The van der Waals surface area contributed by atoms with Gasteiger partial charge in [0.2, 0.25) is 5.91 Å². The number of piperidine rings is 1. The van der Waals surface area contributed by atoms with Crippen molar-refractivity contribution in [2.45, 2.75) is 77.1 Å². The average molecular weight is 308 g/mol. The number of amides is 2. The van der Waals surface area contributed by atoms with Gasteiger partial charge in [-0.25, -0.2) is 0 Å². The molecule has 1 aliphatic carbocycles. The number of carbonyl (C=O) groups is 2. The first kappa shape index (κ1) is 15.8. The van der Waals surface area contributed by atoms with Gasteiger partial charge in [0, 0.05) is 38.1 Å². The highest BCUT2D eigenvalue weighted by Crippen LogP contribution is 2.54. The standard InChI is InChI=1S/C17H28N2O3/c1-11(20)18-10-12-9-17(4)13(18)7-6-8-14(17)19(12)15(21)16(2,3)22-5/h12-14H,6-10H2,1-5H3/t12-,13+,14-,17+/m0/s1. The molecule has 0 aromatic rings. The van der Waals surface area contributed by atoms with Gasteiger partial charge in [-0.2, -0.15) is 0 Å². The van der Waals surface area contributed by atoms with Crippen molar-refractivity contribution >= 4 is 11.8 Å². The molecule has 3 aliphatic rings. The number of hydrogen-bond donors (Lipinski definition) is 0. The van der Waals surface area contributed by atoms with Crippen LogP contribution in [0.2, 0.25) is 0 Å². The molecule has 2 amide bonds. The van der Waals surface area contributed by atoms with E-state index in [2.05, 4.69) is 11.8 Å². The lowest BCUT2D eigenvalue weighted by atomic mass is 9.66. The molecule has 0 N–H and O–H groups in total. The molecular weight excluding hydrogens is 280 g/mol. The molecule has 3 rings (SSSR count). The van der Waals surface area contributed by atoms with Crippen LogP contribution >= 0.6 is 0 Å². The van der Waals surface area contributed by atoms with Gasteiger partial charge in [-0.3, -0.25) is 9.59 Å². The summed E-state index contributed by atoms with van der Waals surface area (Å²) in [5.41, 5.74) is -0.770. The Hall–Kier alpha value is -1.10. The second-order valence-electron chi connectivity index (χ2n) is 7.92. The fourth-order valence-electron chi connectivity index (χ4n) is 5.05. The zero-order valence-corrected chi connectivity index (χ0v) is 14.4. The van der Waals surface area contributed by atoms with Crippen molar-refractivity contribution in [2.24, 2.45) is 5.41 Å². The van der Waals surface area contributed by atoms with Gasteiger partial charge >= 0.3 is 0 Å². The van der Waals surface area contributed by atoms with Crippen LogP contribution < -0.4 is 0 Å². The molecule has 22 heavy (non-hydrogen) atoms. The van der Waals surface area contributed by atoms with E-state index < -0.39 is 5.60 Å². The van der Waals surface area contributed by atoms with Crippen LogP contribution in [0.1, 0.15) is 53.4 Å². The normalized spacial score (nSPS) is 37.4. The van der Waals surface area contributed by atoms with Crippen molar-refractivity contribution in [1.29, 1.82) is 0 Å². The van der Waals surface area contributed by atoms with Crippen LogP contribution in [0.15, 0.2) is 0 Å². The molecule has 0 radical (unpaired) electrons. The molecular formula is C17H28N2O3. The minimum absolute atomic E-state index is 0.0340. The molecule has 2 bridgehead atoms. The third-order valence-corrected chi connectivity index (χ3v) is 6.33. The van der Waals surface area contributed by atoms with Crippen LogP contribution in [-0.2, 0) is 14.3 Å². The molecule has 4 atom stereocenters. The summed E-state index contributed by atoms with van der Waals surface area (Å²) in [5.74, 6) is 0.210. The van der Waals surface area contributed by atoms with Crippen LogP contribution in [0.5, 0.6) is 0 Å². The highest BCUT2D eigenvalue weighted by molar-refractivity contribution is 5.86. The first-order valence-electron chi connectivity index (χ1n) is 8.37. The van der Waals surface area contributed by atoms with E-state index in [1.165, 1.54) is 0 Å². The van der Waals surface area contributed by atoms with Crippen LogP contribution in [0.3, 0.4) is 0 Å². The maximum absolute atomic E-state index is 13.1. The van der Waals surface area contributed by atoms with Gasteiger partial charge in [0.25, 0.3) is 5.91 Å². The van der Waals surface area contributed by atoms with E-state index in [1.807, 2.05) is 18.7 Å². The van der Waals surface area contributed by atoms with E-state index in [1.54, 1.807) is 14.0 Å². The minimum Gasteiger partial charge on any atom is -0.369 e. The van der Waals surface area contributed by atoms with E-state index in [-0.39, 0.29) is 35.4 Å². The Balaban J connectivity index is 1.99. The third kappa shape index (κ3) is 2.01. The smallest absolute Gasteiger partial charge is 0.254 e. The molecule has 2 saturated heterocycles. The van der Waals surface area contributed by atoms with Crippen LogP contribution in [-0.4, -0.2) is 59.0 Å². The quantitative estimate of drug-likeness (QED) is 0.781. The summed E-state index contributed by atoms with van der Waals surface area (Å²) in [6, 6.07) is 0.654. The highest BCUT2D eigenvalue weighted by atomic mass is 16.5. The largest absolute Gasteiger partial charge is 0.369 e. The Labute approximate surface area is 133 Å². The summed E-state index contributed by atoms with van der Waals surface area (Å²) in [6.45, 7) is 8.28. The summed E-state index contributed by atoms with van der Waals surface area (Å²) in [7, 11) is 1.59. The fraction of sp³-hybridized carbons (Fsp3) is 0.882. The number of fused-ring (bicyclic) bond motifs is 1. The lowest BCUT2D eigenvalue weighted by Crippen LogP contribution is -2.57. The van der Waals surface area contributed by atoms with Crippen molar-refractivity contribution in [1.82, 2.24) is 9.80 Å². The number of ether oxygens (including phenoxy) is 1. The lowest BCUT2D eigenvalue weighted by Gasteiger charge is -2.49. The zero-order valence-electron chi connectivity index (χ0n) is 14.4. The van der Waals surface area contributed by atoms with Crippen molar-refractivity contribution in [3.8, 4) is 0 Å². The molecule has 3 fully saturated rings. The Kier molecular flexibility index (Phi) is 3.55. The summed E-state index contributed by atoms with van der Waals surface area (Å²) >= 11 is 0. The second kappa shape index (κ2) is 4.95. The van der Waals surface area contributed by atoms with Crippen molar-refractivity contribution < 1.29 is 14.3 Å². The molecule has 0 aromatic heterocycles. The minimum atomic E-state index is -0.804.